The smallest absolute Gasteiger partial charge is 0.0360 e. The van der Waals surface area contributed by atoms with Crippen LogP contribution in [0.5, 0.6) is 0 Å². The Morgan fingerprint density at radius 3 is 1.80 bits per heavy atom. The van der Waals surface area contributed by atoms with Crippen LogP contribution in [0.3, 0.4) is 0 Å². The van der Waals surface area contributed by atoms with E-state index in [2.05, 4.69) is 34.6 Å². The Morgan fingerprint density at radius 1 is 0.800 bits per heavy atom. The molecule has 0 aliphatic carbocycles. The van der Waals surface area contributed by atoms with E-state index in [0.717, 1.165) is 17.8 Å². The van der Waals surface area contributed by atoms with Crippen LogP contribution in [0.2, 0.25) is 0 Å². The Kier molecular flexibility index (Phi) is 9.24. The van der Waals surface area contributed by atoms with E-state index in [-0.39, 0.29) is 0 Å². The van der Waals surface area contributed by atoms with E-state index in [1.165, 1.54) is 44.9 Å². The highest BCUT2D eigenvalue weighted by atomic mass is 14.3. The molecule has 0 aromatic carbocycles. The lowest BCUT2D eigenvalue weighted by molar-refractivity contribution is 0.198. The molecular formula is C15H32. The zero-order valence-corrected chi connectivity index (χ0v) is 11.7. The van der Waals surface area contributed by atoms with Crippen LogP contribution in [0.1, 0.15) is 79.6 Å². The zero-order chi connectivity index (χ0) is 11.7. The van der Waals surface area contributed by atoms with Crippen LogP contribution >= 0.6 is 0 Å². The van der Waals surface area contributed by atoms with Crippen molar-refractivity contribution < 1.29 is 0 Å². The molecule has 0 heterocycles. The third-order valence-electron chi connectivity index (χ3n) is 4.02. The average Bonchev–Trinajstić information content (AvgIpc) is 2.24. The van der Waals surface area contributed by atoms with E-state index in [0.29, 0.717) is 0 Å². The Hall–Kier alpha value is 0. The topological polar surface area (TPSA) is 0 Å². The van der Waals surface area contributed by atoms with Crippen molar-refractivity contribution in [3.8, 4) is 0 Å². The number of unbranched alkanes of at least 4 members (excludes halogenated alkanes) is 1. The average molecular weight is 212 g/mol. The minimum Gasteiger partial charge on any atom is -0.0654 e. The van der Waals surface area contributed by atoms with Gasteiger partial charge in [0.25, 0.3) is 0 Å². The van der Waals surface area contributed by atoms with Crippen LogP contribution in [0.4, 0.5) is 0 Å². The maximum atomic E-state index is 2.47. The molecule has 0 amide bonds. The Bertz CT molecular complexity index is 124. The highest BCUT2D eigenvalue weighted by Crippen LogP contribution is 2.33. The van der Waals surface area contributed by atoms with Gasteiger partial charge in [0.1, 0.15) is 0 Å². The molecule has 0 radical (unpaired) electrons. The van der Waals surface area contributed by atoms with Crippen LogP contribution < -0.4 is 0 Å². The summed E-state index contributed by atoms with van der Waals surface area (Å²) in [5, 5.41) is 0. The summed E-state index contributed by atoms with van der Waals surface area (Å²) in [7, 11) is 0. The lowest BCUT2D eigenvalue weighted by Gasteiger charge is -2.31. The van der Waals surface area contributed by atoms with Crippen molar-refractivity contribution in [2.45, 2.75) is 79.6 Å². The van der Waals surface area contributed by atoms with Crippen molar-refractivity contribution in [3.63, 3.8) is 0 Å². The van der Waals surface area contributed by atoms with Crippen molar-refractivity contribution >= 4 is 0 Å². The fourth-order valence-electron chi connectivity index (χ4n) is 2.99. The van der Waals surface area contributed by atoms with Gasteiger partial charge >= 0.3 is 0 Å². The van der Waals surface area contributed by atoms with Crippen LogP contribution in [-0.2, 0) is 0 Å². The molecule has 15 heavy (non-hydrogen) atoms. The Balaban J connectivity index is 4.25. The third-order valence-corrected chi connectivity index (χ3v) is 4.02. The quantitative estimate of drug-likeness (QED) is 0.462. The Labute approximate surface area is 97.8 Å². The second-order valence-electron chi connectivity index (χ2n) is 5.15. The summed E-state index contributed by atoms with van der Waals surface area (Å²) in [5.74, 6) is 2.89. The fraction of sp³-hybridized carbons (Fsp3) is 1.00. The molecular weight excluding hydrogens is 180 g/mol. The highest BCUT2D eigenvalue weighted by Gasteiger charge is 2.23. The van der Waals surface area contributed by atoms with Gasteiger partial charge in [-0.15, -0.1) is 0 Å². The monoisotopic (exact) mass is 212 g/mol. The van der Waals surface area contributed by atoms with Gasteiger partial charge in [0.15, 0.2) is 0 Å². The summed E-state index contributed by atoms with van der Waals surface area (Å²) in [6, 6.07) is 0. The van der Waals surface area contributed by atoms with Gasteiger partial charge in [0.05, 0.1) is 0 Å². The van der Waals surface area contributed by atoms with Gasteiger partial charge in [-0.3, -0.25) is 0 Å². The molecule has 0 aliphatic heterocycles. The molecule has 0 aromatic rings. The van der Waals surface area contributed by atoms with Gasteiger partial charge in [-0.05, 0) is 24.2 Å². The molecule has 0 spiro atoms. The fourth-order valence-corrected chi connectivity index (χ4v) is 2.99. The minimum atomic E-state index is 0.937. The van der Waals surface area contributed by atoms with Crippen molar-refractivity contribution in [2.24, 2.45) is 17.8 Å². The van der Waals surface area contributed by atoms with Gasteiger partial charge < -0.3 is 0 Å². The summed E-state index contributed by atoms with van der Waals surface area (Å²) in [4.78, 5) is 0. The van der Waals surface area contributed by atoms with E-state index >= 15 is 0 Å². The minimum absolute atomic E-state index is 0.937. The van der Waals surface area contributed by atoms with Gasteiger partial charge in [-0.2, -0.15) is 0 Å². The van der Waals surface area contributed by atoms with E-state index in [1.807, 2.05) is 0 Å². The lowest BCUT2D eigenvalue weighted by atomic mass is 9.75. The molecule has 0 fully saturated rings. The van der Waals surface area contributed by atoms with Gasteiger partial charge in [-0.25, -0.2) is 0 Å². The predicted octanol–water partition coefficient (Wildman–Crippen LogP) is 5.67. The van der Waals surface area contributed by atoms with Crippen LogP contribution in [0, 0.1) is 17.8 Å². The molecule has 0 saturated carbocycles. The molecule has 0 heteroatoms. The molecule has 0 nitrogen and oxygen atoms in total. The number of hydrogen-bond donors (Lipinski definition) is 0. The first kappa shape index (κ1) is 15.0. The van der Waals surface area contributed by atoms with Gasteiger partial charge in [0.2, 0.25) is 0 Å². The molecule has 0 rings (SSSR count). The van der Waals surface area contributed by atoms with Gasteiger partial charge in [0, 0.05) is 0 Å². The second-order valence-corrected chi connectivity index (χ2v) is 5.15. The molecule has 0 aromatic heterocycles. The molecule has 2 unspecified atom stereocenters. The maximum absolute atomic E-state index is 2.47. The van der Waals surface area contributed by atoms with Gasteiger partial charge in [-0.1, -0.05) is 73.1 Å². The number of rotatable bonds is 9. The summed E-state index contributed by atoms with van der Waals surface area (Å²) in [5.41, 5.74) is 0. The summed E-state index contributed by atoms with van der Waals surface area (Å²) in [6.07, 6.45) is 9.77. The predicted molar refractivity (Wildman–Crippen MR) is 71.2 cm³/mol. The van der Waals surface area contributed by atoms with E-state index in [4.69, 9.17) is 0 Å². The van der Waals surface area contributed by atoms with Crippen molar-refractivity contribution in [1.29, 1.82) is 0 Å². The molecule has 0 N–H and O–H groups in total. The third kappa shape index (κ3) is 5.58. The first-order valence-electron chi connectivity index (χ1n) is 7.21. The number of hydrogen-bond acceptors (Lipinski definition) is 0. The molecule has 2 atom stereocenters. The first-order valence-corrected chi connectivity index (χ1v) is 7.21. The van der Waals surface area contributed by atoms with Crippen molar-refractivity contribution in [2.75, 3.05) is 0 Å². The van der Waals surface area contributed by atoms with Crippen LogP contribution in [0.25, 0.3) is 0 Å². The van der Waals surface area contributed by atoms with Crippen molar-refractivity contribution in [3.05, 3.63) is 0 Å². The zero-order valence-electron chi connectivity index (χ0n) is 11.7. The molecule has 0 saturated heterocycles. The van der Waals surface area contributed by atoms with Crippen LogP contribution in [0.15, 0.2) is 0 Å². The van der Waals surface area contributed by atoms with E-state index in [1.54, 1.807) is 0 Å². The summed E-state index contributed by atoms with van der Waals surface area (Å²) in [6.45, 7) is 11.8. The standard InChI is InChI=1S/C15H32/c1-6-10-12-15(13(5)11-7-2)14(8-3)9-4/h13-15H,6-12H2,1-5H3. The molecule has 0 bridgehead atoms. The second kappa shape index (κ2) is 9.24. The largest absolute Gasteiger partial charge is 0.0654 e. The van der Waals surface area contributed by atoms with E-state index in [9.17, 15) is 0 Å². The Morgan fingerprint density at radius 2 is 1.40 bits per heavy atom. The summed E-state index contributed by atoms with van der Waals surface area (Å²) < 4.78 is 0. The maximum Gasteiger partial charge on any atom is -0.0360 e. The normalized spacial score (nSPS) is 15.6. The van der Waals surface area contributed by atoms with E-state index < -0.39 is 0 Å². The molecule has 92 valence electrons. The molecule has 0 aliphatic rings. The van der Waals surface area contributed by atoms with Crippen molar-refractivity contribution in [1.82, 2.24) is 0 Å². The van der Waals surface area contributed by atoms with Crippen LogP contribution in [-0.4, -0.2) is 0 Å². The summed E-state index contributed by atoms with van der Waals surface area (Å²) >= 11 is 0. The lowest BCUT2D eigenvalue weighted by Crippen LogP contribution is -2.21. The first-order chi connectivity index (χ1) is 7.21. The highest BCUT2D eigenvalue weighted by molar-refractivity contribution is 4.73. The SMILES string of the molecule is CCCCC(C(C)CCC)C(CC)CC.